The Morgan fingerprint density at radius 1 is 1.14 bits per heavy atom. The number of carbonyl (C=O) groups excluding carboxylic acids is 1. The lowest BCUT2D eigenvalue weighted by molar-refractivity contribution is 0.0941. The number of aromatic nitrogens is 1. The summed E-state index contributed by atoms with van der Waals surface area (Å²) >= 11 is 0. The Kier molecular flexibility index (Phi) is 7.53. The summed E-state index contributed by atoms with van der Waals surface area (Å²) in [7, 11) is 0. The molecule has 0 bridgehead atoms. The van der Waals surface area contributed by atoms with Crippen molar-refractivity contribution in [3.8, 4) is 11.1 Å². The van der Waals surface area contributed by atoms with Gasteiger partial charge in [0.05, 0.1) is 6.10 Å². The van der Waals surface area contributed by atoms with Crippen molar-refractivity contribution in [1.29, 1.82) is 0 Å². The smallest absolute Gasteiger partial charge is 0.267 e. The van der Waals surface area contributed by atoms with Gasteiger partial charge in [0.1, 0.15) is 11.5 Å². The maximum Gasteiger partial charge on any atom is 0.267 e. The molecule has 1 unspecified atom stereocenters. The summed E-state index contributed by atoms with van der Waals surface area (Å²) in [4.78, 5) is 15.4. The van der Waals surface area contributed by atoms with Gasteiger partial charge in [-0.25, -0.2) is 4.39 Å². The number of hydrogen-bond donors (Lipinski definition) is 5. The molecule has 3 aromatic rings. The van der Waals surface area contributed by atoms with E-state index in [1.807, 2.05) is 18.2 Å². The van der Waals surface area contributed by atoms with Crippen LogP contribution in [0, 0.1) is 5.82 Å². The van der Waals surface area contributed by atoms with Crippen LogP contribution in [0.1, 0.15) is 16.9 Å². The summed E-state index contributed by atoms with van der Waals surface area (Å²) in [6.07, 6.45) is -0.348. The van der Waals surface area contributed by atoms with Crippen molar-refractivity contribution in [1.82, 2.24) is 10.3 Å². The molecule has 2 atom stereocenters. The SMILES string of the molecule is Cl.NCC(O)C[C@H](N)CNC(=O)c1cc2ccc(-c3ccc(F)cc3)cc2[nH]1. The average Bonchev–Trinajstić information content (AvgIpc) is 3.10. The van der Waals surface area contributed by atoms with Gasteiger partial charge in [0.2, 0.25) is 0 Å². The number of aromatic amines is 1. The third kappa shape index (κ3) is 5.30. The maximum atomic E-state index is 13.1. The summed E-state index contributed by atoms with van der Waals surface area (Å²) in [6.45, 7) is 0.381. The number of nitrogens with two attached hydrogens (primary N) is 2. The summed E-state index contributed by atoms with van der Waals surface area (Å²) in [6, 6.07) is 13.4. The zero-order chi connectivity index (χ0) is 19.4. The first kappa shape index (κ1) is 21.8. The van der Waals surface area contributed by atoms with Gasteiger partial charge in [-0.15, -0.1) is 12.4 Å². The molecule has 0 aliphatic heterocycles. The molecule has 6 nitrogen and oxygen atoms in total. The van der Waals surface area contributed by atoms with Crippen molar-refractivity contribution >= 4 is 29.2 Å². The molecule has 0 radical (unpaired) electrons. The predicted molar refractivity (Wildman–Crippen MR) is 111 cm³/mol. The number of aliphatic hydroxyl groups excluding tert-OH is 1. The molecule has 0 aliphatic rings. The van der Waals surface area contributed by atoms with E-state index in [-0.39, 0.29) is 43.3 Å². The summed E-state index contributed by atoms with van der Waals surface area (Å²) in [5, 5.41) is 13.1. The Labute approximate surface area is 168 Å². The largest absolute Gasteiger partial charge is 0.392 e. The molecular weight excluding hydrogens is 383 g/mol. The minimum Gasteiger partial charge on any atom is -0.392 e. The highest BCUT2D eigenvalue weighted by molar-refractivity contribution is 5.98. The molecule has 2 aromatic carbocycles. The second-order valence-corrected chi connectivity index (χ2v) is 6.59. The zero-order valence-corrected chi connectivity index (χ0v) is 16.0. The van der Waals surface area contributed by atoms with Crippen LogP contribution in [-0.2, 0) is 0 Å². The predicted octanol–water partition coefficient (Wildman–Crippen LogP) is 2.16. The molecule has 0 saturated carbocycles. The van der Waals surface area contributed by atoms with E-state index in [4.69, 9.17) is 11.5 Å². The Hall–Kier alpha value is -2.45. The highest BCUT2D eigenvalue weighted by atomic mass is 35.5. The van der Waals surface area contributed by atoms with Crippen LogP contribution < -0.4 is 16.8 Å². The van der Waals surface area contributed by atoms with Crippen LogP contribution in [0.4, 0.5) is 4.39 Å². The number of benzene rings is 2. The van der Waals surface area contributed by atoms with Gasteiger partial charge in [-0.1, -0.05) is 24.3 Å². The molecule has 0 saturated heterocycles. The monoisotopic (exact) mass is 406 g/mol. The molecule has 0 aliphatic carbocycles. The lowest BCUT2D eigenvalue weighted by Gasteiger charge is -2.15. The minimum absolute atomic E-state index is 0. The van der Waals surface area contributed by atoms with Crippen molar-refractivity contribution in [3.63, 3.8) is 0 Å². The Morgan fingerprint density at radius 3 is 2.50 bits per heavy atom. The molecule has 28 heavy (non-hydrogen) atoms. The Morgan fingerprint density at radius 2 is 1.82 bits per heavy atom. The molecular formula is C20H24ClFN4O2. The zero-order valence-electron chi connectivity index (χ0n) is 15.2. The van der Waals surface area contributed by atoms with Gasteiger partial charge in [-0.05, 0) is 41.8 Å². The van der Waals surface area contributed by atoms with Gasteiger partial charge in [0, 0.05) is 30.0 Å². The molecule has 3 rings (SSSR count). The summed E-state index contributed by atoms with van der Waals surface area (Å²) < 4.78 is 13.1. The first-order valence-corrected chi connectivity index (χ1v) is 8.77. The standard InChI is InChI=1S/C20H23FN4O2.ClH/c21-15-5-3-12(4-6-15)13-1-2-14-8-19(25-18(14)7-13)20(27)24-11-16(23)9-17(26)10-22;/h1-8,16-17,25-26H,9-11,22-23H2,(H,24,27);1H/t16-,17?;/m0./s1. The van der Waals surface area contributed by atoms with Crippen molar-refractivity contribution in [2.24, 2.45) is 11.5 Å². The normalized spacial score (nSPS) is 13.0. The van der Waals surface area contributed by atoms with E-state index in [0.717, 1.165) is 22.0 Å². The number of amides is 1. The molecule has 7 N–H and O–H groups in total. The highest BCUT2D eigenvalue weighted by Gasteiger charge is 2.13. The van der Waals surface area contributed by atoms with E-state index in [1.165, 1.54) is 12.1 Å². The third-order valence-corrected chi connectivity index (χ3v) is 4.42. The van der Waals surface area contributed by atoms with Crippen molar-refractivity contribution < 1.29 is 14.3 Å². The molecule has 0 spiro atoms. The molecule has 8 heteroatoms. The van der Waals surface area contributed by atoms with Crippen molar-refractivity contribution in [3.05, 3.63) is 60.0 Å². The van der Waals surface area contributed by atoms with E-state index < -0.39 is 6.10 Å². The number of H-pyrrole nitrogens is 1. The molecule has 150 valence electrons. The first-order valence-electron chi connectivity index (χ1n) is 8.77. The molecule has 0 fully saturated rings. The van der Waals surface area contributed by atoms with Crippen LogP contribution in [0.15, 0.2) is 48.5 Å². The lowest BCUT2D eigenvalue weighted by Crippen LogP contribution is -2.40. The van der Waals surface area contributed by atoms with Gasteiger partial charge in [-0.2, -0.15) is 0 Å². The quantitative estimate of drug-likeness (QED) is 0.413. The minimum atomic E-state index is -0.671. The fraction of sp³-hybridized carbons (Fsp3) is 0.250. The number of nitrogens with one attached hydrogen (secondary N) is 2. The molecule has 1 heterocycles. The number of halogens is 2. The van der Waals surface area contributed by atoms with Crippen LogP contribution >= 0.6 is 12.4 Å². The highest BCUT2D eigenvalue weighted by Crippen LogP contribution is 2.25. The van der Waals surface area contributed by atoms with E-state index in [2.05, 4.69) is 10.3 Å². The first-order chi connectivity index (χ1) is 13.0. The number of carbonyl (C=O) groups is 1. The number of aliphatic hydroxyl groups is 1. The number of fused-ring (bicyclic) bond motifs is 1. The summed E-state index contributed by atoms with van der Waals surface area (Å²) in [5.41, 5.74) is 14.3. The molecule has 1 amide bonds. The van der Waals surface area contributed by atoms with Gasteiger partial charge >= 0.3 is 0 Å². The number of hydrogen-bond acceptors (Lipinski definition) is 4. The van der Waals surface area contributed by atoms with E-state index in [9.17, 15) is 14.3 Å². The lowest BCUT2D eigenvalue weighted by atomic mass is 10.0. The van der Waals surface area contributed by atoms with E-state index in [0.29, 0.717) is 12.1 Å². The van der Waals surface area contributed by atoms with Gasteiger partial charge in [0.25, 0.3) is 5.91 Å². The van der Waals surface area contributed by atoms with Gasteiger partial charge < -0.3 is 26.9 Å². The van der Waals surface area contributed by atoms with E-state index in [1.54, 1.807) is 18.2 Å². The van der Waals surface area contributed by atoms with Crippen molar-refractivity contribution in [2.75, 3.05) is 13.1 Å². The fourth-order valence-electron chi connectivity index (χ4n) is 2.92. The Bertz CT molecular complexity index is 930. The maximum absolute atomic E-state index is 13.1. The third-order valence-electron chi connectivity index (χ3n) is 4.42. The van der Waals surface area contributed by atoms with Crippen LogP contribution in [0.25, 0.3) is 22.0 Å². The van der Waals surface area contributed by atoms with Crippen molar-refractivity contribution in [2.45, 2.75) is 18.6 Å². The second-order valence-electron chi connectivity index (χ2n) is 6.59. The van der Waals surface area contributed by atoms with E-state index >= 15 is 0 Å². The molecule has 1 aromatic heterocycles. The van der Waals surface area contributed by atoms with Gasteiger partial charge in [0.15, 0.2) is 0 Å². The van der Waals surface area contributed by atoms with Crippen LogP contribution in [0.2, 0.25) is 0 Å². The van der Waals surface area contributed by atoms with Gasteiger partial charge in [-0.3, -0.25) is 4.79 Å². The number of rotatable bonds is 7. The Balaban J connectivity index is 0.00000280. The topological polar surface area (TPSA) is 117 Å². The summed E-state index contributed by atoms with van der Waals surface area (Å²) in [5.74, 6) is -0.553. The fourth-order valence-corrected chi connectivity index (χ4v) is 2.92. The van der Waals surface area contributed by atoms with Crippen LogP contribution in [-0.4, -0.2) is 41.2 Å². The van der Waals surface area contributed by atoms with Crippen LogP contribution in [0.3, 0.4) is 0 Å². The van der Waals surface area contributed by atoms with Crippen LogP contribution in [0.5, 0.6) is 0 Å². The average molecular weight is 407 g/mol. The second kappa shape index (κ2) is 9.66.